The van der Waals surface area contributed by atoms with E-state index in [0.29, 0.717) is 23.2 Å². The second-order valence-corrected chi connectivity index (χ2v) is 8.30. The van der Waals surface area contributed by atoms with E-state index in [-0.39, 0.29) is 11.7 Å². The molecule has 1 unspecified atom stereocenters. The van der Waals surface area contributed by atoms with Crippen LogP contribution in [-0.4, -0.2) is 26.1 Å². The summed E-state index contributed by atoms with van der Waals surface area (Å²) in [4.78, 5) is 19.8. The maximum absolute atomic E-state index is 12.8. The van der Waals surface area contributed by atoms with E-state index < -0.39 is 16.8 Å². The molecule has 4 N–H and O–H groups in total. The molecule has 7 heteroatoms. The number of benzene rings is 2. The number of para-hydroxylation sites is 3. The average molecular weight is 385 g/mol. The SMILES string of the molecule is CC(C)C[C@@H](N)C(=O)Nc1ccccc1CS(=O)c1nc2ccccc2[nH]1. The molecule has 27 heavy (non-hydrogen) atoms. The molecule has 0 spiro atoms. The molecule has 0 aliphatic heterocycles. The second kappa shape index (κ2) is 8.45. The zero-order valence-corrected chi connectivity index (χ0v) is 16.3. The highest BCUT2D eigenvalue weighted by Gasteiger charge is 2.18. The summed E-state index contributed by atoms with van der Waals surface area (Å²) in [6.45, 7) is 4.05. The molecule has 3 rings (SSSR count). The van der Waals surface area contributed by atoms with Gasteiger partial charge in [0.1, 0.15) is 0 Å². The molecule has 142 valence electrons. The maximum atomic E-state index is 12.8. The highest BCUT2D eigenvalue weighted by atomic mass is 32.2. The third-order valence-electron chi connectivity index (χ3n) is 4.21. The number of carbonyl (C=O) groups is 1. The summed E-state index contributed by atoms with van der Waals surface area (Å²) in [5.41, 5.74) is 9.00. The average Bonchev–Trinajstić information content (AvgIpc) is 3.07. The van der Waals surface area contributed by atoms with Gasteiger partial charge in [-0.15, -0.1) is 0 Å². The van der Waals surface area contributed by atoms with Gasteiger partial charge in [0, 0.05) is 5.69 Å². The number of nitrogens with zero attached hydrogens (tertiary/aromatic N) is 1. The van der Waals surface area contributed by atoms with Gasteiger partial charge in [-0.3, -0.25) is 9.00 Å². The third-order valence-corrected chi connectivity index (χ3v) is 5.41. The number of fused-ring (bicyclic) bond motifs is 1. The first kappa shape index (κ1) is 19.3. The van der Waals surface area contributed by atoms with E-state index in [1.807, 2.05) is 56.3 Å². The normalized spacial score (nSPS) is 13.6. The number of nitrogens with two attached hydrogens (primary N) is 1. The molecule has 2 aromatic carbocycles. The van der Waals surface area contributed by atoms with Gasteiger partial charge in [0.05, 0.1) is 33.6 Å². The van der Waals surface area contributed by atoms with E-state index in [1.54, 1.807) is 6.07 Å². The minimum absolute atomic E-state index is 0.231. The van der Waals surface area contributed by atoms with E-state index >= 15 is 0 Å². The van der Waals surface area contributed by atoms with Crippen molar-refractivity contribution >= 4 is 33.4 Å². The Kier molecular flexibility index (Phi) is 6.03. The Morgan fingerprint density at radius 2 is 1.89 bits per heavy atom. The summed E-state index contributed by atoms with van der Waals surface area (Å²) in [6, 6.07) is 14.3. The Balaban J connectivity index is 1.75. The molecule has 3 aromatic rings. The minimum Gasteiger partial charge on any atom is -0.331 e. The maximum Gasteiger partial charge on any atom is 0.241 e. The predicted molar refractivity (Wildman–Crippen MR) is 109 cm³/mol. The molecule has 1 heterocycles. The highest BCUT2D eigenvalue weighted by Crippen LogP contribution is 2.21. The number of imidazole rings is 1. The number of rotatable bonds is 7. The van der Waals surface area contributed by atoms with Crippen LogP contribution in [-0.2, 0) is 21.3 Å². The Hall–Kier alpha value is -2.51. The number of amides is 1. The lowest BCUT2D eigenvalue weighted by atomic mass is 10.0. The summed E-state index contributed by atoms with van der Waals surface area (Å²) in [5, 5.41) is 3.29. The van der Waals surface area contributed by atoms with Crippen LogP contribution < -0.4 is 11.1 Å². The fourth-order valence-corrected chi connectivity index (χ4v) is 3.95. The number of nitrogens with one attached hydrogen (secondary N) is 2. The second-order valence-electron chi connectivity index (χ2n) is 6.93. The predicted octanol–water partition coefficient (Wildman–Crippen LogP) is 3.18. The van der Waals surface area contributed by atoms with Gasteiger partial charge in [-0.05, 0) is 36.1 Å². The van der Waals surface area contributed by atoms with Crippen molar-refractivity contribution < 1.29 is 9.00 Å². The van der Waals surface area contributed by atoms with Gasteiger partial charge in [-0.25, -0.2) is 4.98 Å². The molecular formula is C20H24N4O2S. The number of carbonyl (C=O) groups excluding carboxylic acids is 1. The van der Waals surface area contributed by atoms with Crippen molar-refractivity contribution in [2.24, 2.45) is 11.7 Å². The standard InChI is InChI=1S/C20H24N4O2S/c1-13(2)11-15(21)19(25)22-16-8-4-3-7-14(16)12-27(26)20-23-17-9-5-6-10-18(17)24-20/h3-10,13,15H,11-12,21H2,1-2H3,(H,22,25)(H,23,24)/t15-,27?/m1/s1. The molecule has 0 radical (unpaired) electrons. The number of hydrogen-bond donors (Lipinski definition) is 3. The van der Waals surface area contributed by atoms with Crippen molar-refractivity contribution in [3.63, 3.8) is 0 Å². The molecule has 0 aliphatic rings. The summed E-state index contributed by atoms with van der Waals surface area (Å²) in [6.07, 6.45) is 0.610. The Morgan fingerprint density at radius 3 is 2.63 bits per heavy atom. The van der Waals surface area contributed by atoms with Gasteiger partial charge < -0.3 is 16.0 Å². The topological polar surface area (TPSA) is 101 Å². The van der Waals surface area contributed by atoms with Gasteiger partial charge >= 0.3 is 0 Å². The van der Waals surface area contributed by atoms with E-state index in [2.05, 4.69) is 15.3 Å². The largest absolute Gasteiger partial charge is 0.331 e. The molecule has 0 aliphatic carbocycles. The lowest BCUT2D eigenvalue weighted by Gasteiger charge is -2.16. The van der Waals surface area contributed by atoms with Gasteiger partial charge in [0.15, 0.2) is 5.16 Å². The van der Waals surface area contributed by atoms with Crippen molar-refractivity contribution in [3.05, 3.63) is 54.1 Å². The van der Waals surface area contributed by atoms with Crippen LogP contribution in [0.5, 0.6) is 0 Å². The summed E-state index contributed by atoms with van der Waals surface area (Å²) in [5.74, 6) is 0.350. The lowest BCUT2D eigenvalue weighted by Crippen LogP contribution is -2.36. The van der Waals surface area contributed by atoms with E-state index in [9.17, 15) is 9.00 Å². The van der Waals surface area contributed by atoms with E-state index in [0.717, 1.165) is 16.6 Å². The Morgan fingerprint density at radius 1 is 1.19 bits per heavy atom. The van der Waals surface area contributed by atoms with Gasteiger partial charge in [0.2, 0.25) is 5.91 Å². The van der Waals surface area contributed by atoms with Crippen molar-refractivity contribution in [1.29, 1.82) is 0 Å². The van der Waals surface area contributed by atoms with Gasteiger partial charge in [-0.2, -0.15) is 0 Å². The van der Waals surface area contributed by atoms with Crippen LogP contribution in [0.2, 0.25) is 0 Å². The van der Waals surface area contributed by atoms with Crippen LogP contribution in [0.15, 0.2) is 53.7 Å². The van der Waals surface area contributed by atoms with Crippen molar-refractivity contribution in [3.8, 4) is 0 Å². The highest BCUT2D eigenvalue weighted by molar-refractivity contribution is 7.84. The summed E-state index contributed by atoms with van der Waals surface area (Å²) in [7, 11) is -1.36. The lowest BCUT2D eigenvalue weighted by molar-refractivity contribution is -0.117. The first-order valence-corrected chi connectivity index (χ1v) is 10.2. The fraction of sp³-hybridized carbons (Fsp3) is 0.300. The quantitative estimate of drug-likeness (QED) is 0.582. The minimum atomic E-state index is -1.36. The van der Waals surface area contributed by atoms with Crippen LogP contribution in [0.1, 0.15) is 25.8 Å². The number of anilines is 1. The van der Waals surface area contributed by atoms with Crippen molar-refractivity contribution in [2.75, 3.05) is 5.32 Å². The first-order chi connectivity index (χ1) is 12.9. The molecule has 1 amide bonds. The number of H-pyrrole nitrogens is 1. The number of hydrogen-bond acceptors (Lipinski definition) is 4. The van der Waals surface area contributed by atoms with Gasteiger partial charge in [0.25, 0.3) is 0 Å². The zero-order valence-electron chi connectivity index (χ0n) is 15.4. The molecule has 0 saturated carbocycles. The smallest absolute Gasteiger partial charge is 0.241 e. The molecule has 0 fully saturated rings. The van der Waals surface area contributed by atoms with Crippen LogP contribution >= 0.6 is 0 Å². The molecule has 0 saturated heterocycles. The Bertz CT molecular complexity index is 934. The fourth-order valence-electron chi connectivity index (χ4n) is 2.86. The van der Waals surface area contributed by atoms with E-state index in [4.69, 9.17) is 5.73 Å². The van der Waals surface area contributed by atoms with Crippen molar-refractivity contribution in [1.82, 2.24) is 9.97 Å². The molecular weight excluding hydrogens is 360 g/mol. The summed E-state index contributed by atoms with van der Waals surface area (Å²) >= 11 is 0. The van der Waals surface area contributed by atoms with E-state index in [1.165, 1.54) is 0 Å². The number of aromatic nitrogens is 2. The molecule has 2 atom stereocenters. The van der Waals surface area contributed by atoms with Crippen LogP contribution in [0.4, 0.5) is 5.69 Å². The van der Waals surface area contributed by atoms with Crippen LogP contribution in [0.25, 0.3) is 11.0 Å². The van der Waals surface area contributed by atoms with Crippen LogP contribution in [0, 0.1) is 5.92 Å². The molecule has 0 bridgehead atoms. The van der Waals surface area contributed by atoms with Crippen molar-refractivity contribution in [2.45, 2.75) is 37.2 Å². The van der Waals surface area contributed by atoms with Crippen LogP contribution in [0.3, 0.4) is 0 Å². The zero-order chi connectivity index (χ0) is 19.4. The van der Waals surface area contributed by atoms with Gasteiger partial charge in [-0.1, -0.05) is 44.2 Å². The third kappa shape index (κ3) is 4.81. The molecule has 1 aromatic heterocycles. The Labute approximate surface area is 161 Å². The summed E-state index contributed by atoms with van der Waals surface area (Å²) < 4.78 is 12.8. The molecule has 6 nitrogen and oxygen atoms in total. The monoisotopic (exact) mass is 384 g/mol. The number of aromatic amines is 1. The first-order valence-electron chi connectivity index (χ1n) is 8.91.